The zero-order valence-corrected chi connectivity index (χ0v) is 12.6. The molecule has 20 heavy (non-hydrogen) atoms. The van der Waals surface area contributed by atoms with Gasteiger partial charge in [0.15, 0.2) is 11.6 Å². The van der Waals surface area contributed by atoms with E-state index >= 15 is 0 Å². The van der Waals surface area contributed by atoms with Crippen LogP contribution in [0.15, 0.2) is 18.2 Å². The Kier molecular flexibility index (Phi) is 7.05. The van der Waals surface area contributed by atoms with E-state index in [4.69, 9.17) is 4.74 Å². The van der Waals surface area contributed by atoms with Gasteiger partial charge < -0.3 is 15.0 Å². The first-order valence-corrected chi connectivity index (χ1v) is 6.81. The monoisotopic (exact) mass is 286 g/mol. The molecule has 0 heterocycles. The second kappa shape index (κ2) is 8.29. The molecule has 2 unspecified atom stereocenters. The van der Waals surface area contributed by atoms with Crippen molar-refractivity contribution in [3.63, 3.8) is 0 Å². The van der Waals surface area contributed by atoms with E-state index in [0.29, 0.717) is 18.6 Å². The van der Waals surface area contributed by atoms with Crippen molar-refractivity contribution < 1.29 is 13.5 Å². The number of benzene rings is 1. The highest BCUT2D eigenvalue weighted by Crippen LogP contribution is 2.22. The Morgan fingerprint density at radius 2 is 2.05 bits per heavy atom. The zero-order valence-electron chi connectivity index (χ0n) is 12.6. The predicted molar refractivity (Wildman–Crippen MR) is 76.7 cm³/mol. The first-order chi connectivity index (χ1) is 9.51. The van der Waals surface area contributed by atoms with Crippen molar-refractivity contribution in [2.24, 2.45) is 0 Å². The molecule has 0 aliphatic heterocycles. The zero-order chi connectivity index (χ0) is 15.1. The molecule has 0 aliphatic carbocycles. The Morgan fingerprint density at radius 3 is 2.65 bits per heavy atom. The fourth-order valence-corrected chi connectivity index (χ4v) is 2.17. The summed E-state index contributed by atoms with van der Waals surface area (Å²) in [5.41, 5.74) is 0.375. The third-order valence-corrected chi connectivity index (χ3v) is 3.64. The number of methoxy groups -OCH3 is 1. The number of nitrogens with zero attached hydrogens (tertiary/aromatic N) is 1. The summed E-state index contributed by atoms with van der Waals surface area (Å²) in [6, 6.07) is 4.38. The number of nitrogens with one attached hydrogen (secondary N) is 1. The Bertz CT molecular complexity index is 415. The third kappa shape index (κ3) is 4.51. The largest absolute Gasteiger partial charge is 0.383 e. The van der Waals surface area contributed by atoms with E-state index in [0.717, 1.165) is 12.6 Å². The van der Waals surface area contributed by atoms with E-state index < -0.39 is 11.6 Å². The van der Waals surface area contributed by atoms with Gasteiger partial charge in [-0.05, 0) is 33.5 Å². The number of rotatable bonds is 8. The van der Waals surface area contributed by atoms with Crippen molar-refractivity contribution in [1.29, 1.82) is 0 Å². The summed E-state index contributed by atoms with van der Waals surface area (Å²) in [4.78, 5) is 2.14. The number of likely N-dealkylation sites (N-methyl/N-ethyl adjacent to an activating group) is 1. The molecule has 0 saturated carbocycles. The lowest BCUT2D eigenvalue weighted by Gasteiger charge is -2.26. The highest BCUT2D eigenvalue weighted by Gasteiger charge is 2.18. The van der Waals surface area contributed by atoms with Gasteiger partial charge in [0, 0.05) is 31.3 Å². The van der Waals surface area contributed by atoms with Crippen molar-refractivity contribution in [2.75, 3.05) is 34.4 Å². The van der Waals surface area contributed by atoms with Crippen LogP contribution in [0.2, 0.25) is 0 Å². The van der Waals surface area contributed by atoms with Crippen LogP contribution in [0.4, 0.5) is 8.78 Å². The first kappa shape index (κ1) is 17.0. The predicted octanol–water partition coefficient (Wildman–Crippen LogP) is 2.58. The molecule has 0 bridgehead atoms. The van der Waals surface area contributed by atoms with E-state index in [2.05, 4.69) is 17.1 Å². The van der Waals surface area contributed by atoms with E-state index in [-0.39, 0.29) is 12.1 Å². The molecular formula is C15H24F2N2O. The van der Waals surface area contributed by atoms with Gasteiger partial charge in [-0.2, -0.15) is 0 Å². The average molecular weight is 286 g/mol. The van der Waals surface area contributed by atoms with Crippen LogP contribution in [0, 0.1) is 11.6 Å². The van der Waals surface area contributed by atoms with Crippen molar-refractivity contribution in [1.82, 2.24) is 10.2 Å². The second-order valence-electron chi connectivity index (χ2n) is 5.06. The van der Waals surface area contributed by atoms with Gasteiger partial charge in [0.1, 0.15) is 0 Å². The maximum Gasteiger partial charge on any atom is 0.163 e. The molecule has 1 aromatic carbocycles. The van der Waals surface area contributed by atoms with Crippen LogP contribution < -0.4 is 5.32 Å². The van der Waals surface area contributed by atoms with Gasteiger partial charge in [-0.3, -0.25) is 0 Å². The van der Waals surface area contributed by atoms with Crippen molar-refractivity contribution in [2.45, 2.75) is 25.4 Å². The van der Waals surface area contributed by atoms with Gasteiger partial charge in [0.05, 0.1) is 6.61 Å². The van der Waals surface area contributed by atoms with Gasteiger partial charge in [0.2, 0.25) is 0 Å². The maximum absolute atomic E-state index is 13.8. The minimum atomic E-state index is -0.802. The summed E-state index contributed by atoms with van der Waals surface area (Å²) >= 11 is 0. The summed E-state index contributed by atoms with van der Waals surface area (Å²) in [7, 11) is 5.43. The molecule has 5 heteroatoms. The summed E-state index contributed by atoms with van der Waals surface area (Å²) in [5.74, 6) is -1.57. The van der Waals surface area contributed by atoms with E-state index in [1.165, 1.54) is 6.07 Å². The molecule has 114 valence electrons. The number of halogens is 2. The van der Waals surface area contributed by atoms with Gasteiger partial charge in [0.25, 0.3) is 0 Å². The van der Waals surface area contributed by atoms with Crippen LogP contribution >= 0.6 is 0 Å². The molecule has 0 aliphatic rings. The van der Waals surface area contributed by atoms with Gasteiger partial charge >= 0.3 is 0 Å². The minimum absolute atomic E-state index is 0.206. The summed E-state index contributed by atoms with van der Waals surface area (Å²) in [5, 5.41) is 3.05. The van der Waals surface area contributed by atoms with E-state index in [1.54, 1.807) is 20.2 Å². The van der Waals surface area contributed by atoms with Crippen LogP contribution in [0.5, 0.6) is 0 Å². The molecule has 1 N–H and O–H groups in total. The Hall–Kier alpha value is -1.04. The fraction of sp³-hybridized carbons (Fsp3) is 0.600. The minimum Gasteiger partial charge on any atom is -0.383 e. The van der Waals surface area contributed by atoms with Gasteiger partial charge in [-0.25, -0.2) is 8.78 Å². The highest BCUT2D eigenvalue weighted by atomic mass is 19.2. The molecule has 0 amide bonds. The summed E-state index contributed by atoms with van der Waals surface area (Å²) in [6.45, 7) is 3.49. The van der Waals surface area contributed by atoms with Gasteiger partial charge in [-0.1, -0.05) is 12.1 Å². The normalized spacial score (nSPS) is 14.6. The lowest BCUT2D eigenvalue weighted by atomic mass is 10.0. The number of hydrogen-bond donors (Lipinski definition) is 1. The number of ether oxygens (including phenoxy) is 1. The molecule has 0 saturated heterocycles. The van der Waals surface area contributed by atoms with Crippen LogP contribution in [-0.2, 0) is 4.74 Å². The molecule has 0 aromatic heterocycles. The highest BCUT2D eigenvalue weighted by molar-refractivity contribution is 5.22. The lowest BCUT2D eigenvalue weighted by molar-refractivity contribution is 0.113. The van der Waals surface area contributed by atoms with E-state index in [1.807, 2.05) is 7.05 Å². The molecule has 3 nitrogen and oxygen atoms in total. The van der Waals surface area contributed by atoms with Crippen molar-refractivity contribution >= 4 is 0 Å². The standard InChI is InChI=1S/C15H24F2N2O/c1-11(10-20-4)19(3)9-8-14(18-2)12-6-5-7-13(16)15(12)17/h5-7,11,14,18H,8-10H2,1-4H3. The Morgan fingerprint density at radius 1 is 1.35 bits per heavy atom. The lowest BCUT2D eigenvalue weighted by Crippen LogP contribution is -2.35. The van der Waals surface area contributed by atoms with Crippen LogP contribution in [0.25, 0.3) is 0 Å². The van der Waals surface area contributed by atoms with Crippen molar-refractivity contribution in [3.05, 3.63) is 35.4 Å². The van der Waals surface area contributed by atoms with E-state index in [9.17, 15) is 8.78 Å². The van der Waals surface area contributed by atoms with Crippen LogP contribution in [0.3, 0.4) is 0 Å². The first-order valence-electron chi connectivity index (χ1n) is 6.81. The molecule has 1 aromatic rings. The molecule has 0 radical (unpaired) electrons. The molecule has 0 fully saturated rings. The maximum atomic E-state index is 13.8. The molecule has 1 rings (SSSR count). The fourth-order valence-electron chi connectivity index (χ4n) is 2.17. The molecule has 0 spiro atoms. The van der Waals surface area contributed by atoms with Crippen LogP contribution in [0.1, 0.15) is 24.9 Å². The quantitative estimate of drug-likeness (QED) is 0.795. The smallest absolute Gasteiger partial charge is 0.163 e. The van der Waals surface area contributed by atoms with Crippen LogP contribution in [-0.4, -0.2) is 45.3 Å². The summed E-state index contributed by atoms with van der Waals surface area (Å²) in [6.07, 6.45) is 0.696. The van der Waals surface area contributed by atoms with Gasteiger partial charge in [-0.15, -0.1) is 0 Å². The molecular weight excluding hydrogens is 262 g/mol. The SMILES string of the molecule is CNC(CCN(C)C(C)COC)c1cccc(F)c1F. The Labute approximate surface area is 119 Å². The second-order valence-corrected chi connectivity index (χ2v) is 5.06. The average Bonchev–Trinajstić information content (AvgIpc) is 2.43. The Balaban J connectivity index is 2.66. The topological polar surface area (TPSA) is 24.5 Å². The van der Waals surface area contributed by atoms with Crippen molar-refractivity contribution in [3.8, 4) is 0 Å². The third-order valence-electron chi connectivity index (χ3n) is 3.64. The number of hydrogen-bond acceptors (Lipinski definition) is 3. The summed E-state index contributed by atoms with van der Waals surface area (Å²) < 4.78 is 32.2. The molecule has 2 atom stereocenters.